The number of halogens is 1. The average molecular weight is 209 g/mol. The molecule has 0 radical (unpaired) electrons. The van der Waals surface area contributed by atoms with Crippen molar-refractivity contribution in [3.63, 3.8) is 0 Å². The van der Waals surface area contributed by atoms with E-state index in [1.54, 1.807) is 0 Å². The number of carbonyl (C=O) groups excluding carboxylic acids is 1. The van der Waals surface area contributed by atoms with Gasteiger partial charge in [0.2, 0.25) is 0 Å². The molecule has 5 nitrogen and oxygen atoms in total. The summed E-state index contributed by atoms with van der Waals surface area (Å²) in [5.41, 5.74) is 0.0502. The second kappa shape index (κ2) is 2.87. The minimum Gasteiger partial charge on any atom is -0.293 e. The van der Waals surface area contributed by atoms with Crippen LogP contribution in [-0.2, 0) is 9.05 Å². The van der Waals surface area contributed by atoms with Gasteiger partial charge in [-0.1, -0.05) is 0 Å². The fourth-order valence-electron chi connectivity index (χ4n) is 0.609. The normalized spacial score (nSPS) is 11.5. The molecule has 12 heavy (non-hydrogen) atoms. The van der Waals surface area contributed by atoms with Gasteiger partial charge in [-0.2, -0.15) is 5.10 Å². The Hall–Kier alpha value is -0.880. The molecule has 0 spiro atoms. The zero-order valence-corrected chi connectivity index (χ0v) is 7.61. The fraction of sp³-hybridized carbons (Fsp3) is 0.200. The number of ketones is 1. The van der Waals surface area contributed by atoms with Gasteiger partial charge < -0.3 is 0 Å². The standard InChI is InChI=1S/C5H5ClN2O3S/c1-3(9)4-2-5(8-7-4)12(6,10)11/h2H,1H3,(H,7,8). The summed E-state index contributed by atoms with van der Waals surface area (Å²) < 4.78 is 21.3. The summed E-state index contributed by atoms with van der Waals surface area (Å²) in [4.78, 5) is 10.7. The van der Waals surface area contributed by atoms with E-state index >= 15 is 0 Å². The molecule has 0 saturated carbocycles. The third kappa shape index (κ3) is 1.83. The number of hydrogen-bond donors (Lipinski definition) is 1. The van der Waals surface area contributed by atoms with Crippen molar-refractivity contribution in [1.29, 1.82) is 0 Å². The summed E-state index contributed by atoms with van der Waals surface area (Å²) in [5, 5.41) is 5.31. The van der Waals surface area contributed by atoms with E-state index < -0.39 is 9.05 Å². The Kier molecular flexibility index (Phi) is 2.20. The van der Waals surface area contributed by atoms with Crippen LogP contribution in [0.25, 0.3) is 0 Å². The second-order valence-electron chi connectivity index (χ2n) is 2.11. The van der Waals surface area contributed by atoms with E-state index in [1.165, 1.54) is 6.92 Å². The van der Waals surface area contributed by atoms with Crippen LogP contribution >= 0.6 is 10.7 Å². The quantitative estimate of drug-likeness (QED) is 0.568. The number of aromatic amines is 1. The van der Waals surface area contributed by atoms with E-state index in [9.17, 15) is 13.2 Å². The monoisotopic (exact) mass is 208 g/mol. The first-order valence-corrected chi connectivity index (χ1v) is 5.23. The maximum Gasteiger partial charge on any atom is 0.278 e. The first-order valence-electron chi connectivity index (χ1n) is 2.92. The number of hydrogen-bond acceptors (Lipinski definition) is 4. The van der Waals surface area contributed by atoms with Gasteiger partial charge in [0, 0.05) is 23.7 Å². The number of carbonyl (C=O) groups is 1. The van der Waals surface area contributed by atoms with Crippen molar-refractivity contribution in [1.82, 2.24) is 10.2 Å². The van der Waals surface area contributed by atoms with Crippen molar-refractivity contribution < 1.29 is 13.2 Å². The van der Waals surface area contributed by atoms with Crippen molar-refractivity contribution in [3.05, 3.63) is 11.8 Å². The minimum absolute atomic E-state index is 0.0502. The van der Waals surface area contributed by atoms with Crippen LogP contribution in [0, 0.1) is 0 Å². The molecular weight excluding hydrogens is 204 g/mol. The molecule has 0 aromatic carbocycles. The highest BCUT2D eigenvalue weighted by atomic mass is 35.7. The lowest BCUT2D eigenvalue weighted by atomic mass is 10.3. The Labute approximate surface area is 73.2 Å². The molecule has 0 saturated heterocycles. The number of nitrogens with zero attached hydrogens (tertiary/aromatic N) is 1. The van der Waals surface area contributed by atoms with Crippen LogP contribution in [-0.4, -0.2) is 24.4 Å². The van der Waals surface area contributed by atoms with E-state index in [1.807, 2.05) is 0 Å². The number of rotatable bonds is 2. The molecule has 0 aliphatic rings. The smallest absolute Gasteiger partial charge is 0.278 e. The summed E-state index contributed by atoms with van der Waals surface area (Å²) >= 11 is 0. The fourth-order valence-corrected chi connectivity index (χ4v) is 1.25. The molecule has 1 rings (SSSR count). The Balaban J connectivity index is 3.17. The van der Waals surface area contributed by atoms with E-state index in [-0.39, 0.29) is 16.5 Å². The summed E-state index contributed by atoms with van der Waals surface area (Å²) in [6.07, 6.45) is 0. The molecule has 0 aliphatic heterocycles. The Morgan fingerprint density at radius 2 is 2.25 bits per heavy atom. The molecule has 0 fully saturated rings. The van der Waals surface area contributed by atoms with Gasteiger partial charge in [0.05, 0.1) is 0 Å². The number of Topliss-reactive ketones (excluding diaryl/α,β-unsaturated/α-hetero) is 1. The van der Waals surface area contributed by atoms with Crippen LogP contribution < -0.4 is 0 Å². The topological polar surface area (TPSA) is 79.9 Å². The van der Waals surface area contributed by atoms with Gasteiger partial charge in [0.15, 0.2) is 10.8 Å². The van der Waals surface area contributed by atoms with E-state index in [2.05, 4.69) is 10.2 Å². The largest absolute Gasteiger partial charge is 0.293 e. The van der Waals surface area contributed by atoms with Crippen molar-refractivity contribution in [2.24, 2.45) is 0 Å². The summed E-state index contributed by atoms with van der Waals surface area (Å²) in [6.45, 7) is 1.28. The van der Waals surface area contributed by atoms with E-state index in [0.29, 0.717) is 0 Å². The van der Waals surface area contributed by atoms with Crippen LogP contribution in [0.4, 0.5) is 0 Å². The van der Waals surface area contributed by atoms with Crippen molar-refractivity contribution in [2.45, 2.75) is 11.9 Å². The lowest BCUT2D eigenvalue weighted by Crippen LogP contribution is -1.90. The molecule has 7 heteroatoms. The molecule has 0 aliphatic carbocycles. The first kappa shape index (κ1) is 9.21. The van der Waals surface area contributed by atoms with Gasteiger partial charge in [-0.05, 0) is 0 Å². The average Bonchev–Trinajstić information content (AvgIpc) is 2.30. The molecule has 0 unspecified atom stereocenters. The van der Waals surface area contributed by atoms with Gasteiger partial charge in [0.25, 0.3) is 9.05 Å². The van der Waals surface area contributed by atoms with Gasteiger partial charge in [-0.25, -0.2) is 8.42 Å². The van der Waals surface area contributed by atoms with Crippen LogP contribution in [0.15, 0.2) is 11.1 Å². The molecule has 1 aromatic rings. The number of nitrogens with one attached hydrogen (secondary N) is 1. The molecule has 1 N–H and O–H groups in total. The maximum absolute atomic E-state index is 10.7. The van der Waals surface area contributed by atoms with Gasteiger partial charge in [-0.15, -0.1) is 0 Å². The molecule has 0 atom stereocenters. The van der Waals surface area contributed by atoms with E-state index in [0.717, 1.165) is 6.07 Å². The molecule has 1 aromatic heterocycles. The maximum atomic E-state index is 10.7. The van der Waals surface area contributed by atoms with Gasteiger partial charge in [0.1, 0.15) is 5.69 Å². The zero-order chi connectivity index (χ0) is 9.35. The van der Waals surface area contributed by atoms with Crippen LogP contribution in [0.5, 0.6) is 0 Å². The third-order valence-corrected chi connectivity index (χ3v) is 2.41. The van der Waals surface area contributed by atoms with Gasteiger partial charge >= 0.3 is 0 Å². The molecule has 66 valence electrons. The zero-order valence-electron chi connectivity index (χ0n) is 6.04. The highest BCUT2D eigenvalue weighted by Crippen LogP contribution is 2.12. The van der Waals surface area contributed by atoms with Crippen molar-refractivity contribution in [2.75, 3.05) is 0 Å². The lowest BCUT2D eigenvalue weighted by Gasteiger charge is -1.84. The minimum atomic E-state index is -3.81. The SMILES string of the molecule is CC(=O)c1cc(S(=O)(=O)Cl)[nH]n1. The molecule has 0 amide bonds. The van der Waals surface area contributed by atoms with Crippen molar-refractivity contribution in [3.8, 4) is 0 Å². The highest BCUT2D eigenvalue weighted by Gasteiger charge is 2.15. The van der Waals surface area contributed by atoms with E-state index in [4.69, 9.17) is 10.7 Å². The lowest BCUT2D eigenvalue weighted by molar-refractivity contribution is 0.101. The summed E-state index contributed by atoms with van der Waals surface area (Å²) in [6, 6.07) is 1.09. The molecule has 0 bridgehead atoms. The predicted octanol–water partition coefficient (Wildman–Crippen LogP) is 0.540. The Bertz CT molecular complexity index is 408. The summed E-state index contributed by atoms with van der Waals surface area (Å²) in [7, 11) is 1.15. The van der Waals surface area contributed by atoms with Crippen LogP contribution in [0.2, 0.25) is 0 Å². The Morgan fingerprint density at radius 3 is 2.50 bits per heavy atom. The van der Waals surface area contributed by atoms with Crippen molar-refractivity contribution >= 4 is 25.5 Å². The highest BCUT2D eigenvalue weighted by molar-refractivity contribution is 8.13. The predicted molar refractivity (Wildman–Crippen MR) is 41.6 cm³/mol. The van der Waals surface area contributed by atoms with Crippen LogP contribution in [0.1, 0.15) is 17.4 Å². The first-order chi connectivity index (χ1) is 5.41. The Morgan fingerprint density at radius 1 is 1.67 bits per heavy atom. The van der Waals surface area contributed by atoms with Gasteiger partial charge in [-0.3, -0.25) is 9.89 Å². The summed E-state index contributed by atoms with van der Waals surface area (Å²) in [5.74, 6) is -0.321. The van der Waals surface area contributed by atoms with Crippen LogP contribution in [0.3, 0.4) is 0 Å². The molecule has 1 heterocycles. The number of aromatic nitrogens is 2. The molecular formula is C5H5ClN2O3S. The number of H-pyrrole nitrogens is 1. The second-order valence-corrected chi connectivity index (χ2v) is 4.65. The third-order valence-electron chi connectivity index (χ3n) is 1.18.